The lowest BCUT2D eigenvalue weighted by Gasteiger charge is -2.34. The summed E-state index contributed by atoms with van der Waals surface area (Å²) in [6.45, 7) is 7.83. The van der Waals surface area contributed by atoms with Gasteiger partial charge in [-0.15, -0.1) is 0 Å². The van der Waals surface area contributed by atoms with Gasteiger partial charge >= 0.3 is 6.03 Å². The minimum atomic E-state index is -4.17. The number of imide groups is 1. The van der Waals surface area contributed by atoms with Crippen molar-refractivity contribution in [2.75, 3.05) is 25.4 Å². The first-order chi connectivity index (χ1) is 24.4. The van der Waals surface area contributed by atoms with Crippen LogP contribution in [0.2, 0.25) is 5.02 Å². The topological polar surface area (TPSA) is 196 Å². The van der Waals surface area contributed by atoms with Crippen LogP contribution in [0.1, 0.15) is 44.4 Å². The first-order valence-electron chi connectivity index (χ1n) is 16.8. The van der Waals surface area contributed by atoms with Crippen LogP contribution < -0.4 is 11.1 Å². The molecule has 1 heterocycles. The van der Waals surface area contributed by atoms with E-state index in [4.69, 9.17) is 17.3 Å². The number of hydrogen-bond donors (Lipinski definition) is 3. The van der Waals surface area contributed by atoms with E-state index in [0.29, 0.717) is 11.1 Å². The smallest absolute Gasteiger partial charge is 0.328 e. The van der Waals surface area contributed by atoms with Crippen molar-refractivity contribution in [3.8, 4) is 0 Å². The molecule has 0 bridgehead atoms. The number of aliphatic hydroxyl groups excluding tert-OH is 1. The predicted molar refractivity (Wildman–Crippen MR) is 197 cm³/mol. The van der Waals surface area contributed by atoms with Gasteiger partial charge in [0.15, 0.2) is 0 Å². The maximum absolute atomic E-state index is 14.1. The summed E-state index contributed by atoms with van der Waals surface area (Å²) in [5, 5.41) is 26.1. The molecule has 3 aromatic rings. The summed E-state index contributed by atoms with van der Waals surface area (Å²) in [7, 11) is -4.17. The zero-order chi connectivity index (χ0) is 38.5. The number of rotatable bonds is 16. The van der Waals surface area contributed by atoms with E-state index in [-0.39, 0.29) is 59.8 Å². The number of anilines is 1. The van der Waals surface area contributed by atoms with Gasteiger partial charge in [-0.3, -0.25) is 24.6 Å². The number of nitrogens with zero attached hydrogens (tertiary/aromatic N) is 4. The number of hydrogen-bond acceptors (Lipinski definition) is 9. The van der Waals surface area contributed by atoms with Gasteiger partial charge in [0.05, 0.1) is 39.2 Å². The van der Waals surface area contributed by atoms with Crippen LogP contribution in [-0.4, -0.2) is 88.2 Å². The number of nitrogen functional groups attached to an aromatic ring is 1. The third-order valence-corrected chi connectivity index (χ3v) is 10.9. The van der Waals surface area contributed by atoms with Crippen molar-refractivity contribution in [1.29, 1.82) is 0 Å². The Labute approximate surface area is 308 Å². The molecule has 16 heteroatoms. The van der Waals surface area contributed by atoms with Crippen LogP contribution >= 0.6 is 11.6 Å². The van der Waals surface area contributed by atoms with Crippen LogP contribution in [0.3, 0.4) is 0 Å². The van der Waals surface area contributed by atoms with Gasteiger partial charge in [0.1, 0.15) is 12.6 Å². The molecule has 3 atom stereocenters. The monoisotopic (exact) mass is 756 g/mol. The molecule has 4 rings (SSSR count). The minimum absolute atomic E-state index is 0.0526. The number of aliphatic hydroxyl groups is 1. The Hall–Kier alpha value is -4.57. The summed E-state index contributed by atoms with van der Waals surface area (Å²) in [6.07, 6.45) is -1.28. The van der Waals surface area contributed by atoms with E-state index in [1.165, 1.54) is 41.3 Å². The number of benzene rings is 3. The largest absolute Gasteiger partial charge is 0.397 e. The SMILES string of the molecule is Cc1cc(CN2C(=O)CN(C(C(=O)N[C@@H](Cc3ccccc3)[C@H](O)CN(CC(C)C)S(=O)(=O)c3ccc(Cl)c(N)c3)C(C)C)C2=O)ccc1[N+](=O)[O-]. The molecule has 14 nitrogen and oxygen atoms in total. The summed E-state index contributed by atoms with van der Waals surface area (Å²) in [4.78, 5) is 53.8. The Kier molecular flexibility index (Phi) is 13.0. The summed E-state index contributed by atoms with van der Waals surface area (Å²) < 4.78 is 28.9. The zero-order valence-electron chi connectivity index (χ0n) is 29.7. The van der Waals surface area contributed by atoms with Gasteiger partial charge in [-0.25, -0.2) is 13.2 Å². The summed E-state index contributed by atoms with van der Waals surface area (Å²) >= 11 is 6.04. The van der Waals surface area contributed by atoms with Crippen molar-refractivity contribution < 1.29 is 32.8 Å². The van der Waals surface area contributed by atoms with Crippen LogP contribution in [-0.2, 0) is 32.6 Å². The molecule has 52 heavy (non-hydrogen) atoms. The molecule has 4 amide bonds. The molecule has 1 aliphatic heterocycles. The minimum Gasteiger partial charge on any atom is -0.397 e. The molecule has 3 aromatic carbocycles. The van der Waals surface area contributed by atoms with Gasteiger partial charge in [0.2, 0.25) is 15.9 Å². The number of nitro groups is 1. The number of carbonyl (C=O) groups is 3. The fourth-order valence-corrected chi connectivity index (χ4v) is 7.98. The number of sulfonamides is 1. The van der Waals surface area contributed by atoms with Crippen molar-refractivity contribution in [3.63, 3.8) is 0 Å². The summed E-state index contributed by atoms with van der Waals surface area (Å²) in [6, 6.07) is 14.5. The Morgan fingerprint density at radius 2 is 1.71 bits per heavy atom. The molecule has 0 radical (unpaired) electrons. The van der Waals surface area contributed by atoms with E-state index in [0.717, 1.165) is 14.8 Å². The van der Waals surface area contributed by atoms with Crippen molar-refractivity contribution in [3.05, 3.63) is 98.6 Å². The molecule has 1 saturated heterocycles. The normalized spacial score (nSPS) is 15.4. The van der Waals surface area contributed by atoms with Gasteiger partial charge in [-0.05, 0) is 60.6 Å². The van der Waals surface area contributed by atoms with Crippen molar-refractivity contribution in [1.82, 2.24) is 19.4 Å². The van der Waals surface area contributed by atoms with Crippen LogP contribution in [0.4, 0.5) is 16.2 Å². The number of carbonyl (C=O) groups excluding carboxylic acids is 3. The van der Waals surface area contributed by atoms with E-state index in [9.17, 15) is 38.0 Å². The van der Waals surface area contributed by atoms with E-state index in [2.05, 4.69) is 5.32 Å². The average Bonchev–Trinajstić information content (AvgIpc) is 3.33. The van der Waals surface area contributed by atoms with Crippen molar-refractivity contribution in [2.24, 2.45) is 11.8 Å². The van der Waals surface area contributed by atoms with Crippen LogP contribution in [0.25, 0.3) is 0 Å². The molecular formula is C36H45ClN6O8S. The highest BCUT2D eigenvalue weighted by Gasteiger charge is 2.44. The van der Waals surface area contributed by atoms with Crippen LogP contribution in [0, 0.1) is 28.9 Å². The molecule has 0 aliphatic carbocycles. The number of nitrogens with two attached hydrogens (primary N) is 1. The van der Waals surface area contributed by atoms with E-state index in [1.807, 2.05) is 32.0 Å². The molecule has 280 valence electrons. The molecule has 1 aliphatic rings. The molecule has 4 N–H and O–H groups in total. The number of nitrogens with one attached hydrogen (secondary N) is 1. The Morgan fingerprint density at radius 3 is 2.29 bits per heavy atom. The van der Waals surface area contributed by atoms with Crippen molar-refractivity contribution in [2.45, 2.75) is 70.7 Å². The standard InChI is InChI=1S/C36H45ClN6O8S/c1-22(2)18-40(52(50,51)27-12-13-28(37)29(38)17-27)20-32(44)30(16-25-9-7-6-8-10-25)39-35(46)34(23(3)4)42-21-33(45)41(36(42)47)19-26-11-14-31(43(48)49)24(5)15-26/h6-15,17,22-23,30,32,34,44H,16,18-21,38H2,1-5H3,(H,39,46)/t30-,32+,34?/m0/s1. The fourth-order valence-electron chi connectivity index (χ4n) is 6.21. The first-order valence-corrected chi connectivity index (χ1v) is 18.6. The average molecular weight is 757 g/mol. The quantitative estimate of drug-likeness (QED) is 0.0823. The lowest BCUT2D eigenvalue weighted by molar-refractivity contribution is -0.385. The van der Waals surface area contributed by atoms with E-state index >= 15 is 0 Å². The highest BCUT2D eigenvalue weighted by molar-refractivity contribution is 7.89. The van der Waals surface area contributed by atoms with E-state index in [1.54, 1.807) is 32.9 Å². The molecule has 0 spiro atoms. The summed E-state index contributed by atoms with van der Waals surface area (Å²) in [5.74, 6) is -1.78. The highest BCUT2D eigenvalue weighted by atomic mass is 35.5. The molecule has 1 unspecified atom stereocenters. The van der Waals surface area contributed by atoms with Crippen molar-refractivity contribution >= 4 is 50.8 Å². The lowest BCUT2D eigenvalue weighted by atomic mass is 9.97. The summed E-state index contributed by atoms with van der Waals surface area (Å²) in [5.41, 5.74) is 7.54. The third-order valence-electron chi connectivity index (χ3n) is 8.77. The Balaban J connectivity index is 1.60. The maximum Gasteiger partial charge on any atom is 0.328 e. The van der Waals surface area contributed by atoms with Crippen LogP contribution in [0.5, 0.6) is 0 Å². The maximum atomic E-state index is 14.1. The van der Waals surface area contributed by atoms with Gasteiger partial charge in [-0.2, -0.15) is 4.31 Å². The van der Waals surface area contributed by atoms with E-state index < -0.39 is 56.9 Å². The van der Waals surface area contributed by atoms with Crippen LogP contribution in [0.15, 0.2) is 71.6 Å². The third kappa shape index (κ3) is 9.45. The second-order valence-electron chi connectivity index (χ2n) is 13.7. The first kappa shape index (κ1) is 40.2. The highest BCUT2D eigenvalue weighted by Crippen LogP contribution is 2.27. The zero-order valence-corrected chi connectivity index (χ0v) is 31.3. The molecule has 0 saturated carbocycles. The number of aryl methyl sites for hydroxylation is 1. The van der Waals surface area contributed by atoms with Gasteiger partial charge in [0.25, 0.3) is 11.6 Å². The number of amides is 4. The number of urea groups is 1. The fraction of sp³-hybridized carbons (Fsp3) is 0.417. The number of nitro benzene ring substituents is 1. The Morgan fingerprint density at radius 1 is 1.04 bits per heavy atom. The molecular weight excluding hydrogens is 712 g/mol. The Bertz CT molecular complexity index is 1910. The lowest BCUT2D eigenvalue weighted by Crippen LogP contribution is -2.57. The second-order valence-corrected chi connectivity index (χ2v) is 16.1. The van der Waals surface area contributed by atoms with Gasteiger partial charge in [-0.1, -0.05) is 75.7 Å². The molecule has 0 aromatic heterocycles. The van der Waals surface area contributed by atoms with Gasteiger partial charge < -0.3 is 21.1 Å². The predicted octanol–water partition coefficient (Wildman–Crippen LogP) is 4.36. The van der Waals surface area contributed by atoms with Gasteiger partial charge in [0, 0.05) is 24.7 Å². The second kappa shape index (κ2) is 16.8. The molecule has 1 fully saturated rings. The number of halogens is 1.